The Balaban J connectivity index is 1.79. The Morgan fingerprint density at radius 3 is 2.48 bits per heavy atom. The first kappa shape index (κ1) is 16.5. The van der Waals surface area contributed by atoms with Crippen LogP contribution in [-0.4, -0.2) is 0 Å². The van der Waals surface area contributed by atoms with Gasteiger partial charge >= 0.3 is 7.82 Å². The molecule has 0 spiro atoms. The summed E-state index contributed by atoms with van der Waals surface area (Å²) in [5.74, 6) is 2.25. The van der Waals surface area contributed by atoms with Gasteiger partial charge in [-0.2, -0.15) is 4.57 Å². The smallest absolute Gasteiger partial charge is 0.382 e. The summed E-state index contributed by atoms with van der Waals surface area (Å²) in [6.07, 6.45) is 5.61. The summed E-state index contributed by atoms with van der Waals surface area (Å²) in [5, 5.41) is 0. The minimum Gasteiger partial charge on any atom is -0.382 e. The molecule has 2 aromatic carbocycles. The fraction of sp³-hybridized carbons (Fsp3) is 0.400. The summed E-state index contributed by atoms with van der Waals surface area (Å²) < 4.78 is 28.8. The van der Waals surface area contributed by atoms with Gasteiger partial charge in [0.25, 0.3) is 0 Å². The van der Waals surface area contributed by atoms with E-state index in [4.69, 9.17) is 13.6 Å². The molecule has 132 valence electrons. The standard InChI is InChI=1S/C20H23O4P/c1-3-5-9-14(4-2)12-17-16(15-10-7-6-8-11-15)13-18-20-19(17)23-25(21,22-18)24-20/h6-8,10-11,13-14H,3-5,9,12H2,1-2H3. The zero-order valence-electron chi connectivity index (χ0n) is 14.7. The van der Waals surface area contributed by atoms with Crippen LogP contribution in [0.5, 0.6) is 17.2 Å². The number of phosphoric ester groups is 1. The van der Waals surface area contributed by atoms with Crippen LogP contribution in [0.25, 0.3) is 11.1 Å². The van der Waals surface area contributed by atoms with Crippen LogP contribution >= 0.6 is 7.82 Å². The molecule has 0 saturated heterocycles. The van der Waals surface area contributed by atoms with Gasteiger partial charge in [-0.05, 0) is 29.5 Å². The highest BCUT2D eigenvalue weighted by atomic mass is 31.2. The molecule has 2 aliphatic heterocycles. The predicted molar refractivity (Wildman–Crippen MR) is 98.4 cm³/mol. The van der Waals surface area contributed by atoms with Crippen LogP contribution in [0.3, 0.4) is 0 Å². The summed E-state index contributed by atoms with van der Waals surface area (Å²) in [6, 6.07) is 12.2. The normalized spacial score (nSPS) is 20.7. The average molecular weight is 358 g/mol. The van der Waals surface area contributed by atoms with Crippen LogP contribution in [0.15, 0.2) is 36.4 Å². The molecule has 2 atom stereocenters. The molecule has 2 bridgehead atoms. The summed E-state index contributed by atoms with van der Waals surface area (Å²) in [7, 11) is -3.46. The zero-order valence-corrected chi connectivity index (χ0v) is 15.6. The van der Waals surface area contributed by atoms with E-state index in [9.17, 15) is 4.57 Å². The van der Waals surface area contributed by atoms with Crippen LogP contribution in [0.4, 0.5) is 0 Å². The van der Waals surface area contributed by atoms with Crippen LogP contribution in [0, 0.1) is 5.92 Å². The third kappa shape index (κ3) is 2.93. The molecule has 0 fully saturated rings. The Hall–Kier alpha value is -1.93. The fourth-order valence-electron chi connectivity index (χ4n) is 3.62. The van der Waals surface area contributed by atoms with E-state index in [1.807, 2.05) is 24.3 Å². The van der Waals surface area contributed by atoms with Crippen LogP contribution in [-0.2, 0) is 11.0 Å². The van der Waals surface area contributed by atoms with Gasteiger partial charge in [0, 0.05) is 5.56 Å². The first-order valence-corrected chi connectivity index (χ1v) is 10.5. The van der Waals surface area contributed by atoms with Gasteiger partial charge in [-0.1, -0.05) is 69.9 Å². The Bertz CT molecular complexity index is 831. The number of fused-ring (bicyclic) bond motifs is 1. The molecule has 0 aliphatic carbocycles. The van der Waals surface area contributed by atoms with E-state index in [1.54, 1.807) is 0 Å². The van der Waals surface area contributed by atoms with Gasteiger partial charge in [-0.25, -0.2) is 0 Å². The van der Waals surface area contributed by atoms with E-state index in [1.165, 1.54) is 19.3 Å². The molecular weight excluding hydrogens is 335 g/mol. The topological polar surface area (TPSA) is 44.8 Å². The van der Waals surface area contributed by atoms with Crippen LogP contribution in [0.1, 0.15) is 45.1 Å². The lowest BCUT2D eigenvalue weighted by Gasteiger charge is -2.21. The van der Waals surface area contributed by atoms with Crippen molar-refractivity contribution in [3.8, 4) is 28.4 Å². The minimum atomic E-state index is -3.46. The molecule has 25 heavy (non-hydrogen) atoms. The number of benzene rings is 2. The average Bonchev–Trinajstić information content (AvgIpc) is 3.14. The molecule has 0 saturated carbocycles. The molecule has 0 radical (unpaired) electrons. The maximum absolute atomic E-state index is 12.4. The molecule has 2 aromatic rings. The summed E-state index contributed by atoms with van der Waals surface area (Å²) in [5.41, 5.74) is 3.29. The van der Waals surface area contributed by atoms with Crippen molar-refractivity contribution < 1.29 is 18.1 Å². The van der Waals surface area contributed by atoms with Gasteiger partial charge in [0.05, 0.1) is 0 Å². The molecule has 0 amide bonds. The predicted octanol–water partition coefficient (Wildman–Crippen LogP) is 6.38. The molecule has 4 nitrogen and oxygen atoms in total. The first-order valence-electron chi connectivity index (χ1n) is 9.07. The lowest BCUT2D eigenvalue weighted by Crippen LogP contribution is -2.08. The lowest BCUT2D eigenvalue weighted by atomic mass is 9.87. The van der Waals surface area contributed by atoms with Crippen molar-refractivity contribution in [2.24, 2.45) is 5.92 Å². The third-order valence-electron chi connectivity index (χ3n) is 5.04. The van der Waals surface area contributed by atoms with Gasteiger partial charge in [-0.3, -0.25) is 0 Å². The Morgan fingerprint density at radius 1 is 1.04 bits per heavy atom. The van der Waals surface area contributed by atoms with Gasteiger partial charge < -0.3 is 13.6 Å². The van der Waals surface area contributed by atoms with E-state index >= 15 is 0 Å². The van der Waals surface area contributed by atoms with E-state index in [-0.39, 0.29) is 0 Å². The third-order valence-corrected chi connectivity index (χ3v) is 6.27. The molecule has 2 unspecified atom stereocenters. The van der Waals surface area contributed by atoms with E-state index in [2.05, 4.69) is 26.0 Å². The van der Waals surface area contributed by atoms with E-state index < -0.39 is 7.82 Å². The second-order valence-corrected chi connectivity index (χ2v) is 8.21. The zero-order chi connectivity index (χ0) is 17.4. The lowest BCUT2D eigenvalue weighted by molar-refractivity contribution is 0.351. The monoisotopic (exact) mass is 358 g/mol. The Labute approximate surface area is 148 Å². The SMILES string of the molecule is CCCCC(CC)Cc1c(-c2ccccc2)cc2c3c1OP(=O)(O2)O3. The van der Waals surface area contributed by atoms with Crippen molar-refractivity contribution in [2.45, 2.75) is 46.0 Å². The van der Waals surface area contributed by atoms with Gasteiger partial charge in [0.15, 0.2) is 11.5 Å². The van der Waals surface area contributed by atoms with Crippen molar-refractivity contribution in [3.63, 3.8) is 0 Å². The summed E-state index contributed by atoms with van der Waals surface area (Å²) in [6.45, 7) is 4.45. The number of rotatable bonds is 7. The largest absolute Gasteiger partial charge is 0.647 e. The molecule has 2 heterocycles. The van der Waals surface area contributed by atoms with Crippen molar-refractivity contribution >= 4 is 7.82 Å². The van der Waals surface area contributed by atoms with Crippen LogP contribution in [0.2, 0.25) is 0 Å². The highest BCUT2D eigenvalue weighted by Gasteiger charge is 2.51. The quantitative estimate of drug-likeness (QED) is 0.538. The summed E-state index contributed by atoms with van der Waals surface area (Å²) in [4.78, 5) is 0. The van der Waals surface area contributed by atoms with Crippen molar-refractivity contribution in [1.82, 2.24) is 0 Å². The first-order chi connectivity index (χ1) is 12.1. The van der Waals surface area contributed by atoms with Crippen molar-refractivity contribution in [3.05, 3.63) is 42.0 Å². The Kier molecular flexibility index (Phi) is 4.24. The molecule has 5 heteroatoms. The van der Waals surface area contributed by atoms with Gasteiger partial charge in [0.1, 0.15) is 0 Å². The van der Waals surface area contributed by atoms with Gasteiger partial charge in [0.2, 0.25) is 5.75 Å². The molecule has 0 N–H and O–H groups in total. The maximum Gasteiger partial charge on any atom is 0.647 e. The number of hydrogen-bond donors (Lipinski definition) is 0. The van der Waals surface area contributed by atoms with Crippen molar-refractivity contribution in [1.29, 1.82) is 0 Å². The molecular formula is C20H23O4P. The molecule has 2 aliphatic rings. The van der Waals surface area contributed by atoms with Gasteiger partial charge in [-0.15, -0.1) is 0 Å². The highest BCUT2D eigenvalue weighted by molar-refractivity contribution is 7.50. The van der Waals surface area contributed by atoms with Crippen LogP contribution < -0.4 is 13.6 Å². The molecule has 4 rings (SSSR count). The van der Waals surface area contributed by atoms with E-state index in [0.29, 0.717) is 23.2 Å². The molecule has 0 aromatic heterocycles. The second-order valence-electron chi connectivity index (χ2n) is 6.77. The van der Waals surface area contributed by atoms with E-state index in [0.717, 1.165) is 29.5 Å². The summed E-state index contributed by atoms with van der Waals surface area (Å²) >= 11 is 0. The number of unbranched alkanes of at least 4 members (excludes halogenated alkanes) is 1. The minimum absolute atomic E-state index is 0.517. The second kappa shape index (κ2) is 6.42. The fourth-order valence-corrected chi connectivity index (χ4v) is 4.92. The van der Waals surface area contributed by atoms with Crippen molar-refractivity contribution in [2.75, 3.05) is 0 Å². The number of hydrogen-bond acceptors (Lipinski definition) is 4. The maximum atomic E-state index is 12.4. The number of phosphoric acid groups is 1. The Morgan fingerprint density at radius 2 is 1.80 bits per heavy atom. The highest BCUT2D eigenvalue weighted by Crippen LogP contribution is 2.70.